The maximum Gasteiger partial charge on any atom is 0.244 e. The molecule has 1 aliphatic carbocycles. The summed E-state index contributed by atoms with van der Waals surface area (Å²) in [4.78, 5) is 11.9. The molecule has 0 heterocycles. The Bertz CT molecular complexity index is 560. The van der Waals surface area contributed by atoms with Gasteiger partial charge in [0.05, 0.1) is 23.8 Å². The fraction of sp³-hybridized carbons (Fsp3) is 0.412. The number of carbonyl (C=O) groups excluding carboxylic acids is 1. The van der Waals surface area contributed by atoms with Crippen LogP contribution in [0.25, 0.3) is 6.08 Å². The molecule has 2 N–H and O–H groups in total. The number of carbonyl (C=O) groups is 1. The zero-order chi connectivity index (χ0) is 15.1. The van der Waals surface area contributed by atoms with Crippen molar-refractivity contribution in [3.63, 3.8) is 0 Å². The third-order valence-corrected chi connectivity index (χ3v) is 3.75. The second kappa shape index (κ2) is 7.61. The summed E-state index contributed by atoms with van der Waals surface area (Å²) in [6.07, 6.45) is 7.42. The number of aliphatic hydroxyl groups is 1. The molecular weight excluding hydrogens is 264 g/mol. The molecule has 2 unspecified atom stereocenters. The van der Waals surface area contributed by atoms with Crippen molar-refractivity contribution in [1.82, 2.24) is 5.32 Å². The van der Waals surface area contributed by atoms with Crippen LogP contribution in [0.5, 0.6) is 0 Å². The van der Waals surface area contributed by atoms with Crippen LogP contribution in [0.2, 0.25) is 0 Å². The van der Waals surface area contributed by atoms with Crippen LogP contribution in [-0.4, -0.2) is 23.2 Å². The lowest BCUT2D eigenvalue weighted by Crippen LogP contribution is -2.41. The fourth-order valence-corrected chi connectivity index (χ4v) is 2.57. The van der Waals surface area contributed by atoms with Crippen molar-refractivity contribution >= 4 is 12.0 Å². The van der Waals surface area contributed by atoms with Crippen LogP contribution < -0.4 is 5.32 Å². The smallest absolute Gasteiger partial charge is 0.244 e. The molecule has 1 aliphatic rings. The number of nitriles is 1. The van der Waals surface area contributed by atoms with E-state index in [1.807, 2.05) is 6.07 Å². The minimum atomic E-state index is -0.452. The number of nitrogens with zero attached hydrogens (tertiary/aromatic N) is 1. The normalized spacial score (nSPS) is 22.5. The molecule has 110 valence electrons. The fourth-order valence-electron chi connectivity index (χ4n) is 2.57. The molecule has 1 aromatic rings. The third kappa shape index (κ3) is 4.73. The van der Waals surface area contributed by atoms with Gasteiger partial charge in [-0.05, 0) is 36.6 Å². The van der Waals surface area contributed by atoms with E-state index < -0.39 is 6.10 Å². The number of nitrogens with one attached hydrogen (secondary N) is 1. The maximum atomic E-state index is 11.9. The Labute approximate surface area is 125 Å². The number of rotatable bonds is 3. The predicted molar refractivity (Wildman–Crippen MR) is 81.2 cm³/mol. The van der Waals surface area contributed by atoms with Crippen LogP contribution in [-0.2, 0) is 4.79 Å². The summed E-state index contributed by atoms with van der Waals surface area (Å²) in [6.45, 7) is 0. The van der Waals surface area contributed by atoms with Crippen molar-refractivity contribution in [1.29, 1.82) is 5.26 Å². The van der Waals surface area contributed by atoms with Crippen LogP contribution in [0.4, 0.5) is 0 Å². The molecule has 1 saturated carbocycles. The van der Waals surface area contributed by atoms with Crippen molar-refractivity contribution in [3.8, 4) is 6.07 Å². The van der Waals surface area contributed by atoms with Gasteiger partial charge in [0, 0.05) is 6.08 Å². The van der Waals surface area contributed by atoms with E-state index in [9.17, 15) is 9.90 Å². The predicted octanol–water partition coefficient (Wildman–Crippen LogP) is 2.38. The molecule has 4 heteroatoms. The Morgan fingerprint density at radius 2 is 2.14 bits per heavy atom. The lowest BCUT2D eigenvalue weighted by molar-refractivity contribution is -0.118. The number of benzene rings is 1. The van der Waals surface area contributed by atoms with Gasteiger partial charge in [-0.1, -0.05) is 31.4 Å². The molecule has 0 radical (unpaired) electrons. The number of amides is 1. The first kappa shape index (κ1) is 15.3. The Kier molecular flexibility index (Phi) is 5.53. The van der Waals surface area contributed by atoms with Gasteiger partial charge in [-0.15, -0.1) is 0 Å². The highest BCUT2D eigenvalue weighted by molar-refractivity contribution is 5.92. The van der Waals surface area contributed by atoms with Gasteiger partial charge >= 0.3 is 0 Å². The lowest BCUT2D eigenvalue weighted by Gasteiger charge is -2.20. The van der Waals surface area contributed by atoms with Crippen LogP contribution >= 0.6 is 0 Å². The summed E-state index contributed by atoms with van der Waals surface area (Å²) >= 11 is 0. The first-order chi connectivity index (χ1) is 10.2. The Balaban J connectivity index is 1.94. The van der Waals surface area contributed by atoms with Gasteiger partial charge in [0.15, 0.2) is 0 Å². The van der Waals surface area contributed by atoms with Crippen molar-refractivity contribution in [2.75, 3.05) is 0 Å². The largest absolute Gasteiger partial charge is 0.391 e. The monoisotopic (exact) mass is 284 g/mol. The van der Waals surface area contributed by atoms with E-state index in [4.69, 9.17) is 5.26 Å². The number of aliphatic hydroxyl groups excluding tert-OH is 1. The Morgan fingerprint density at radius 1 is 1.33 bits per heavy atom. The van der Waals surface area contributed by atoms with E-state index in [0.717, 1.165) is 37.7 Å². The highest BCUT2D eigenvalue weighted by atomic mass is 16.3. The Morgan fingerprint density at radius 3 is 2.95 bits per heavy atom. The molecule has 4 nitrogen and oxygen atoms in total. The van der Waals surface area contributed by atoms with E-state index in [0.29, 0.717) is 5.56 Å². The highest BCUT2D eigenvalue weighted by Crippen LogP contribution is 2.18. The standard InChI is InChI=1S/C17H20N2O2/c18-12-14-6-4-5-13(11-14)9-10-17(21)19-15-7-2-1-3-8-16(15)20/h4-6,9-11,15-16,20H,1-3,7-8H2,(H,19,21)/b10-9+. The summed E-state index contributed by atoms with van der Waals surface area (Å²) in [5.74, 6) is -0.205. The van der Waals surface area contributed by atoms with Crippen LogP contribution in [0.15, 0.2) is 30.3 Å². The van der Waals surface area contributed by atoms with Gasteiger partial charge in [0.25, 0.3) is 0 Å². The minimum absolute atomic E-state index is 0.157. The van der Waals surface area contributed by atoms with E-state index in [1.165, 1.54) is 6.08 Å². The summed E-state index contributed by atoms with van der Waals surface area (Å²) in [7, 11) is 0. The first-order valence-corrected chi connectivity index (χ1v) is 7.36. The molecule has 1 amide bonds. The summed E-state index contributed by atoms with van der Waals surface area (Å²) in [5.41, 5.74) is 1.38. The second-order valence-electron chi connectivity index (χ2n) is 5.39. The summed E-state index contributed by atoms with van der Waals surface area (Å²) in [6, 6.07) is 8.98. The van der Waals surface area contributed by atoms with Crippen molar-refractivity contribution in [2.45, 2.75) is 44.2 Å². The molecular formula is C17H20N2O2. The van der Waals surface area contributed by atoms with E-state index in [2.05, 4.69) is 11.4 Å². The molecule has 0 bridgehead atoms. The summed E-state index contributed by atoms with van der Waals surface area (Å²) < 4.78 is 0. The van der Waals surface area contributed by atoms with Gasteiger partial charge < -0.3 is 10.4 Å². The van der Waals surface area contributed by atoms with Gasteiger partial charge in [-0.2, -0.15) is 5.26 Å². The number of hydrogen-bond acceptors (Lipinski definition) is 3. The van der Waals surface area contributed by atoms with Crippen molar-refractivity contribution < 1.29 is 9.90 Å². The van der Waals surface area contributed by atoms with Crippen molar-refractivity contribution in [3.05, 3.63) is 41.5 Å². The highest BCUT2D eigenvalue weighted by Gasteiger charge is 2.22. The van der Waals surface area contributed by atoms with Crippen LogP contribution in [0.1, 0.15) is 43.2 Å². The molecule has 21 heavy (non-hydrogen) atoms. The minimum Gasteiger partial charge on any atom is -0.391 e. The second-order valence-corrected chi connectivity index (χ2v) is 5.39. The maximum absolute atomic E-state index is 11.9. The van der Waals surface area contributed by atoms with Gasteiger partial charge in [-0.3, -0.25) is 4.79 Å². The van der Waals surface area contributed by atoms with Gasteiger partial charge in [0.1, 0.15) is 0 Å². The van der Waals surface area contributed by atoms with Crippen LogP contribution in [0.3, 0.4) is 0 Å². The molecule has 1 aromatic carbocycles. The van der Waals surface area contributed by atoms with E-state index in [1.54, 1.807) is 24.3 Å². The van der Waals surface area contributed by atoms with Crippen molar-refractivity contribution in [2.24, 2.45) is 0 Å². The molecule has 0 saturated heterocycles. The Hall–Kier alpha value is -2.12. The van der Waals surface area contributed by atoms with Gasteiger partial charge in [-0.25, -0.2) is 0 Å². The van der Waals surface area contributed by atoms with Crippen LogP contribution in [0, 0.1) is 11.3 Å². The SMILES string of the molecule is N#Cc1cccc(/C=C/C(=O)NC2CCCCCC2O)c1. The topological polar surface area (TPSA) is 73.1 Å². The number of hydrogen-bond donors (Lipinski definition) is 2. The quantitative estimate of drug-likeness (QED) is 0.661. The molecule has 1 fully saturated rings. The first-order valence-electron chi connectivity index (χ1n) is 7.36. The zero-order valence-electron chi connectivity index (χ0n) is 12.0. The van der Waals surface area contributed by atoms with E-state index in [-0.39, 0.29) is 11.9 Å². The third-order valence-electron chi connectivity index (χ3n) is 3.75. The summed E-state index contributed by atoms with van der Waals surface area (Å²) in [5, 5.41) is 21.7. The molecule has 0 aliphatic heterocycles. The molecule has 2 rings (SSSR count). The van der Waals surface area contributed by atoms with E-state index >= 15 is 0 Å². The average molecular weight is 284 g/mol. The van der Waals surface area contributed by atoms with Gasteiger partial charge in [0.2, 0.25) is 5.91 Å². The average Bonchev–Trinajstić information content (AvgIpc) is 2.70. The molecule has 2 atom stereocenters. The zero-order valence-corrected chi connectivity index (χ0v) is 12.0. The lowest BCUT2D eigenvalue weighted by atomic mass is 10.1. The molecule has 0 aromatic heterocycles. The molecule has 0 spiro atoms.